The molecule has 0 aromatic rings. The summed E-state index contributed by atoms with van der Waals surface area (Å²) in [5, 5.41) is 0. The number of methoxy groups -OCH3 is 1. The predicted octanol–water partition coefficient (Wildman–Crippen LogP) is 9.85. The molecular formula is C36H76O6. The number of ketones is 1. The van der Waals surface area contributed by atoms with E-state index in [0.29, 0.717) is 24.4 Å². The molecule has 2 aliphatic carbocycles. The van der Waals surface area contributed by atoms with Gasteiger partial charge in [0.2, 0.25) is 0 Å². The number of carbonyl (C=O) groups excluding carboxylic acids is 1. The minimum absolute atomic E-state index is 0.167. The standard InChI is InChI=1S/C19H32O4.C3H6O.4C3H8.C2H6O/c1-5-16(20-10-18-12-22-18)6-2-14(1)9-15-3-7-17(8-4-15)21-11-19-13-23-19;1-3(2)4;5*1-3-2/h14-19H,1-13H2;1-2H3;4*3H2,1-2H3;1-2H3. The Morgan fingerprint density at radius 1 is 0.571 bits per heavy atom. The van der Waals surface area contributed by atoms with Crippen molar-refractivity contribution in [3.63, 3.8) is 0 Å². The van der Waals surface area contributed by atoms with Crippen LogP contribution >= 0.6 is 0 Å². The summed E-state index contributed by atoms with van der Waals surface area (Å²) in [5.41, 5.74) is 0. The van der Waals surface area contributed by atoms with Gasteiger partial charge in [-0.15, -0.1) is 0 Å². The third kappa shape index (κ3) is 37.5. The molecule has 2 saturated heterocycles. The van der Waals surface area contributed by atoms with Crippen LogP contribution in [0.2, 0.25) is 0 Å². The molecule has 2 atom stereocenters. The highest BCUT2D eigenvalue weighted by Crippen LogP contribution is 2.37. The van der Waals surface area contributed by atoms with Crippen LogP contribution in [0.1, 0.15) is 153 Å². The van der Waals surface area contributed by atoms with Crippen LogP contribution in [0.3, 0.4) is 0 Å². The van der Waals surface area contributed by atoms with Gasteiger partial charge in [-0.25, -0.2) is 0 Å². The fourth-order valence-electron chi connectivity index (χ4n) is 4.36. The third-order valence-corrected chi connectivity index (χ3v) is 6.09. The number of carbonyl (C=O) groups is 1. The summed E-state index contributed by atoms with van der Waals surface area (Å²) in [7, 11) is 3.25. The highest BCUT2D eigenvalue weighted by Gasteiger charge is 2.30. The van der Waals surface area contributed by atoms with Gasteiger partial charge in [-0.3, -0.25) is 0 Å². The van der Waals surface area contributed by atoms with E-state index in [1.54, 1.807) is 14.2 Å². The molecule has 4 fully saturated rings. The normalized spacial score (nSPS) is 26.5. The van der Waals surface area contributed by atoms with E-state index in [-0.39, 0.29) is 5.78 Å². The van der Waals surface area contributed by atoms with E-state index in [2.05, 4.69) is 60.1 Å². The van der Waals surface area contributed by atoms with E-state index in [4.69, 9.17) is 18.9 Å². The lowest BCUT2D eigenvalue weighted by molar-refractivity contribution is -0.115. The second-order valence-electron chi connectivity index (χ2n) is 12.2. The quantitative estimate of drug-likeness (QED) is 0.257. The lowest BCUT2D eigenvalue weighted by Gasteiger charge is -2.34. The summed E-state index contributed by atoms with van der Waals surface area (Å²) in [4.78, 5) is 9.44. The zero-order valence-corrected chi connectivity index (χ0v) is 30.4. The maximum atomic E-state index is 9.44. The van der Waals surface area contributed by atoms with Gasteiger partial charge in [0.05, 0.1) is 38.6 Å². The topological polar surface area (TPSA) is 69.8 Å². The SMILES string of the molecule is C1CC(OCC2CO2)CCC1CC1CCC(OCC2CO2)CC1.CC(C)=O.CCC.CCC.CCC.CCC.COC. The van der Waals surface area contributed by atoms with Crippen LogP contribution in [0, 0.1) is 11.8 Å². The Bertz CT molecular complexity index is 455. The number of Topliss-reactive ketones (excluding diaryl/α,β-unsaturated/α-hetero) is 1. The minimum Gasteiger partial charge on any atom is -0.388 e. The van der Waals surface area contributed by atoms with Crippen LogP contribution in [0.4, 0.5) is 0 Å². The van der Waals surface area contributed by atoms with Crippen molar-refractivity contribution < 1.29 is 28.5 Å². The van der Waals surface area contributed by atoms with Crippen LogP contribution in [0.5, 0.6) is 0 Å². The summed E-state index contributed by atoms with van der Waals surface area (Å²) < 4.78 is 26.6. The van der Waals surface area contributed by atoms with Crippen molar-refractivity contribution in [2.24, 2.45) is 11.8 Å². The van der Waals surface area contributed by atoms with Crippen molar-refractivity contribution >= 4 is 5.78 Å². The molecule has 4 aliphatic rings. The Balaban J connectivity index is -0.000000664. The first-order chi connectivity index (χ1) is 20.2. The highest BCUT2D eigenvalue weighted by molar-refractivity contribution is 5.72. The van der Waals surface area contributed by atoms with Crippen LogP contribution in [0.15, 0.2) is 0 Å². The number of ether oxygens (including phenoxy) is 5. The minimum atomic E-state index is 0.167. The third-order valence-electron chi connectivity index (χ3n) is 6.09. The van der Waals surface area contributed by atoms with Gasteiger partial charge in [0.15, 0.2) is 0 Å². The summed E-state index contributed by atoms with van der Waals surface area (Å²) in [6.45, 7) is 23.5. The van der Waals surface area contributed by atoms with Gasteiger partial charge in [0.25, 0.3) is 0 Å². The van der Waals surface area contributed by atoms with E-state index < -0.39 is 0 Å². The molecule has 6 heteroatoms. The fraction of sp³-hybridized carbons (Fsp3) is 0.972. The van der Waals surface area contributed by atoms with E-state index in [1.807, 2.05) is 0 Å². The van der Waals surface area contributed by atoms with Crippen molar-refractivity contribution in [2.75, 3.05) is 40.6 Å². The average molecular weight is 605 g/mol. The molecule has 0 aromatic carbocycles. The molecule has 0 bridgehead atoms. The molecular weight excluding hydrogens is 528 g/mol. The van der Waals surface area contributed by atoms with Gasteiger partial charge in [0.1, 0.15) is 18.0 Å². The summed E-state index contributed by atoms with van der Waals surface area (Å²) >= 11 is 0. The highest BCUT2D eigenvalue weighted by atomic mass is 16.6. The second kappa shape index (κ2) is 35.0. The van der Waals surface area contributed by atoms with Crippen molar-refractivity contribution in [3.8, 4) is 0 Å². The first-order valence-electron chi connectivity index (χ1n) is 17.5. The van der Waals surface area contributed by atoms with Crippen LogP contribution < -0.4 is 0 Å². The zero-order valence-electron chi connectivity index (χ0n) is 30.4. The van der Waals surface area contributed by atoms with Crippen LogP contribution in [-0.2, 0) is 28.5 Å². The van der Waals surface area contributed by atoms with E-state index in [9.17, 15) is 4.79 Å². The molecule has 2 saturated carbocycles. The Morgan fingerprint density at radius 2 is 0.786 bits per heavy atom. The zero-order chi connectivity index (χ0) is 32.6. The molecule has 42 heavy (non-hydrogen) atoms. The van der Waals surface area contributed by atoms with Crippen LogP contribution in [-0.4, -0.2) is 70.8 Å². The van der Waals surface area contributed by atoms with E-state index in [0.717, 1.165) is 38.3 Å². The summed E-state index contributed by atoms with van der Waals surface area (Å²) in [6, 6.07) is 0. The van der Waals surface area contributed by atoms with Crippen molar-refractivity contribution in [1.82, 2.24) is 0 Å². The molecule has 0 spiro atoms. The molecule has 6 nitrogen and oxygen atoms in total. The van der Waals surface area contributed by atoms with Gasteiger partial charge in [-0.1, -0.05) is 81.1 Å². The van der Waals surface area contributed by atoms with Crippen LogP contribution in [0.25, 0.3) is 0 Å². The predicted molar refractivity (Wildman–Crippen MR) is 181 cm³/mol. The van der Waals surface area contributed by atoms with Gasteiger partial charge in [0, 0.05) is 14.2 Å². The Hall–Kier alpha value is -0.530. The number of rotatable bonds is 8. The molecule has 0 aromatic heterocycles. The smallest absolute Gasteiger partial charge is 0.126 e. The molecule has 4 rings (SSSR count). The molecule has 2 unspecified atom stereocenters. The van der Waals surface area contributed by atoms with Crippen molar-refractivity contribution in [2.45, 2.75) is 177 Å². The Kier molecular flexibility index (Phi) is 38.2. The molecule has 2 aliphatic heterocycles. The fourth-order valence-corrected chi connectivity index (χ4v) is 4.36. The van der Waals surface area contributed by atoms with Crippen molar-refractivity contribution in [1.29, 1.82) is 0 Å². The lowest BCUT2D eigenvalue weighted by atomic mass is 9.76. The van der Waals surface area contributed by atoms with E-state index >= 15 is 0 Å². The molecule has 0 amide bonds. The first kappa shape index (κ1) is 45.9. The maximum absolute atomic E-state index is 9.44. The number of hydrogen-bond donors (Lipinski definition) is 0. The molecule has 0 N–H and O–H groups in total. The summed E-state index contributed by atoms with van der Waals surface area (Å²) in [6.07, 6.45) is 18.8. The molecule has 0 radical (unpaired) electrons. The average Bonchev–Trinajstić information content (AvgIpc) is 3.86. The number of hydrogen-bond acceptors (Lipinski definition) is 6. The maximum Gasteiger partial charge on any atom is 0.126 e. The van der Waals surface area contributed by atoms with Gasteiger partial charge in [-0.2, -0.15) is 0 Å². The lowest BCUT2D eigenvalue weighted by Crippen LogP contribution is -2.27. The van der Waals surface area contributed by atoms with Gasteiger partial charge >= 0.3 is 0 Å². The monoisotopic (exact) mass is 605 g/mol. The molecule has 2 heterocycles. The second-order valence-corrected chi connectivity index (χ2v) is 12.2. The van der Waals surface area contributed by atoms with E-state index in [1.165, 1.54) is 97.3 Å². The number of epoxide rings is 2. The Labute approximate surface area is 263 Å². The van der Waals surface area contributed by atoms with Crippen molar-refractivity contribution in [3.05, 3.63) is 0 Å². The van der Waals surface area contributed by atoms with Gasteiger partial charge < -0.3 is 28.5 Å². The largest absolute Gasteiger partial charge is 0.388 e. The Morgan fingerprint density at radius 3 is 0.976 bits per heavy atom. The van der Waals surface area contributed by atoms with Gasteiger partial charge in [-0.05, 0) is 83.5 Å². The summed E-state index contributed by atoms with van der Waals surface area (Å²) in [5.74, 6) is 2.05. The first-order valence-corrected chi connectivity index (χ1v) is 17.5. The molecule has 256 valence electrons.